The van der Waals surface area contributed by atoms with Crippen LogP contribution in [0.2, 0.25) is 0 Å². The minimum atomic E-state index is -0.929. The molecule has 0 fully saturated rings. The van der Waals surface area contributed by atoms with E-state index >= 15 is 0 Å². The molecule has 0 unspecified atom stereocenters. The van der Waals surface area contributed by atoms with Crippen molar-refractivity contribution in [1.29, 1.82) is 0 Å². The first kappa shape index (κ1) is 9.92. The standard InChI is InChI=1S/C9H8BrNO2/c1-6(9(12)13)5-7-3-2-4-8(10)11-7/h2-5H,1H3,(H,12,13)/b6-5-. The molecule has 0 aliphatic rings. The van der Waals surface area contributed by atoms with Crippen LogP contribution in [0.15, 0.2) is 28.4 Å². The molecule has 3 nitrogen and oxygen atoms in total. The van der Waals surface area contributed by atoms with Crippen molar-refractivity contribution in [2.24, 2.45) is 0 Å². The zero-order valence-corrected chi connectivity index (χ0v) is 8.58. The van der Waals surface area contributed by atoms with Crippen molar-refractivity contribution in [2.75, 3.05) is 0 Å². The maximum absolute atomic E-state index is 10.5. The van der Waals surface area contributed by atoms with Gasteiger partial charge in [0.25, 0.3) is 0 Å². The van der Waals surface area contributed by atoms with Gasteiger partial charge in [0.2, 0.25) is 0 Å². The number of aromatic nitrogens is 1. The molecule has 68 valence electrons. The lowest BCUT2D eigenvalue weighted by Crippen LogP contribution is -1.96. The van der Waals surface area contributed by atoms with Crippen LogP contribution in [0.3, 0.4) is 0 Å². The van der Waals surface area contributed by atoms with Crippen molar-refractivity contribution in [3.8, 4) is 0 Å². The number of carboxylic acids is 1. The average Bonchev–Trinajstić information content (AvgIpc) is 2.04. The lowest BCUT2D eigenvalue weighted by Gasteiger charge is -1.95. The fourth-order valence-electron chi connectivity index (χ4n) is 0.788. The summed E-state index contributed by atoms with van der Waals surface area (Å²) in [6.07, 6.45) is 1.52. The van der Waals surface area contributed by atoms with Gasteiger partial charge >= 0.3 is 5.97 Å². The summed E-state index contributed by atoms with van der Waals surface area (Å²) in [4.78, 5) is 14.6. The largest absolute Gasteiger partial charge is 0.478 e. The Kier molecular flexibility index (Phi) is 3.19. The number of hydrogen-bond acceptors (Lipinski definition) is 2. The second-order valence-electron chi connectivity index (χ2n) is 2.52. The lowest BCUT2D eigenvalue weighted by atomic mass is 10.2. The fraction of sp³-hybridized carbons (Fsp3) is 0.111. The summed E-state index contributed by atoms with van der Waals surface area (Å²) in [5, 5.41) is 8.60. The van der Waals surface area contributed by atoms with Crippen molar-refractivity contribution in [3.05, 3.63) is 34.1 Å². The first-order chi connectivity index (χ1) is 6.09. The maximum Gasteiger partial charge on any atom is 0.331 e. The normalized spacial score (nSPS) is 11.4. The van der Waals surface area contributed by atoms with Gasteiger partial charge in [-0.3, -0.25) is 0 Å². The molecular weight excluding hydrogens is 234 g/mol. The topological polar surface area (TPSA) is 50.2 Å². The molecule has 0 saturated carbocycles. The van der Waals surface area contributed by atoms with Crippen LogP contribution in [-0.4, -0.2) is 16.1 Å². The van der Waals surface area contributed by atoms with E-state index in [0.29, 0.717) is 10.3 Å². The lowest BCUT2D eigenvalue weighted by molar-refractivity contribution is -0.132. The summed E-state index contributed by atoms with van der Waals surface area (Å²) in [6.45, 7) is 1.53. The van der Waals surface area contributed by atoms with E-state index in [-0.39, 0.29) is 5.57 Å². The van der Waals surface area contributed by atoms with Crippen molar-refractivity contribution >= 4 is 28.0 Å². The molecule has 13 heavy (non-hydrogen) atoms. The summed E-state index contributed by atoms with van der Waals surface area (Å²) < 4.78 is 0.694. The fourth-order valence-corrected chi connectivity index (χ4v) is 1.15. The highest BCUT2D eigenvalue weighted by atomic mass is 79.9. The van der Waals surface area contributed by atoms with Crippen molar-refractivity contribution in [3.63, 3.8) is 0 Å². The van der Waals surface area contributed by atoms with E-state index in [2.05, 4.69) is 20.9 Å². The van der Waals surface area contributed by atoms with Crippen LogP contribution in [0.25, 0.3) is 6.08 Å². The molecule has 0 amide bonds. The Morgan fingerprint density at radius 3 is 2.85 bits per heavy atom. The third-order valence-electron chi connectivity index (χ3n) is 1.44. The van der Waals surface area contributed by atoms with Gasteiger partial charge in [-0.05, 0) is 41.1 Å². The number of halogens is 1. The zero-order chi connectivity index (χ0) is 9.84. The van der Waals surface area contributed by atoms with Crippen LogP contribution in [0.5, 0.6) is 0 Å². The zero-order valence-electron chi connectivity index (χ0n) is 6.99. The van der Waals surface area contributed by atoms with E-state index in [9.17, 15) is 4.79 Å². The number of nitrogens with zero attached hydrogens (tertiary/aromatic N) is 1. The van der Waals surface area contributed by atoms with Gasteiger partial charge in [0, 0.05) is 5.57 Å². The van der Waals surface area contributed by atoms with Gasteiger partial charge in [-0.25, -0.2) is 9.78 Å². The van der Waals surface area contributed by atoms with Crippen molar-refractivity contribution in [2.45, 2.75) is 6.92 Å². The van der Waals surface area contributed by atoms with Gasteiger partial charge in [0.15, 0.2) is 0 Å². The Hall–Kier alpha value is -1.16. The first-order valence-corrected chi connectivity index (χ1v) is 4.43. The van der Waals surface area contributed by atoms with Crippen LogP contribution in [-0.2, 0) is 4.79 Å². The van der Waals surface area contributed by atoms with E-state index < -0.39 is 5.97 Å². The highest BCUT2D eigenvalue weighted by Gasteiger charge is 2.00. The molecule has 1 aromatic heterocycles. The number of pyridine rings is 1. The van der Waals surface area contributed by atoms with Gasteiger partial charge in [-0.15, -0.1) is 0 Å². The summed E-state index contributed by atoms with van der Waals surface area (Å²) in [6, 6.07) is 5.34. The Morgan fingerprint density at radius 1 is 1.62 bits per heavy atom. The highest BCUT2D eigenvalue weighted by Crippen LogP contribution is 2.09. The number of carboxylic acid groups (broad SMARTS) is 1. The molecule has 0 radical (unpaired) electrons. The minimum absolute atomic E-state index is 0.269. The maximum atomic E-state index is 10.5. The molecule has 1 heterocycles. The third-order valence-corrected chi connectivity index (χ3v) is 1.88. The molecule has 1 rings (SSSR count). The SMILES string of the molecule is C/C(=C/c1cccc(Br)n1)C(=O)O. The second kappa shape index (κ2) is 4.18. The predicted octanol–water partition coefficient (Wildman–Crippen LogP) is 2.33. The van der Waals surface area contributed by atoms with Crippen molar-refractivity contribution < 1.29 is 9.90 Å². The molecule has 0 aliphatic carbocycles. The van der Waals surface area contributed by atoms with Gasteiger partial charge in [-0.2, -0.15) is 0 Å². The summed E-state index contributed by atoms with van der Waals surface area (Å²) in [5.74, 6) is -0.929. The molecule has 1 N–H and O–H groups in total. The van der Waals surface area contributed by atoms with Crippen LogP contribution >= 0.6 is 15.9 Å². The molecule has 0 saturated heterocycles. The number of hydrogen-bond donors (Lipinski definition) is 1. The third kappa shape index (κ3) is 2.99. The summed E-state index contributed by atoms with van der Waals surface area (Å²) in [7, 11) is 0. The Labute approximate surface area is 84.2 Å². The van der Waals surface area contributed by atoms with E-state index in [4.69, 9.17) is 5.11 Å². The van der Waals surface area contributed by atoms with Gasteiger partial charge in [0.1, 0.15) is 4.60 Å². The Morgan fingerprint density at radius 2 is 2.31 bits per heavy atom. The van der Waals surface area contributed by atoms with Crippen LogP contribution in [0.1, 0.15) is 12.6 Å². The number of aliphatic carboxylic acids is 1. The highest BCUT2D eigenvalue weighted by molar-refractivity contribution is 9.10. The molecule has 1 aromatic rings. The van der Waals surface area contributed by atoms with Crippen LogP contribution in [0, 0.1) is 0 Å². The van der Waals surface area contributed by atoms with E-state index in [1.807, 2.05) is 0 Å². The van der Waals surface area contributed by atoms with Gasteiger partial charge < -0.3 is 5.11 Å². The Bertz CT molecular complexity index is 360. The van der Waals surface area contributed by atoms with Crippen molar-refractivity contribution in [1.82, 2.24) is 4.98 Å². The van der Waals surface area contributed by atoms with Crippen LogP contribution in [0.4, 0.5) is 0 Å². The van der Waals surface area contributed by atoms with E-state index in [0.717, 1.165) is 0 Å². The average molecular weight is 242 g/mol. The molecule has 0 bridgehead atoms. The summed E-state index contributed by atoms with van der Waals surface area (Å²) in [5.41, 5.74) is 0.903. The molecule has 0 aliphatic heterocycles. The van der Waals surface area contributed by atoms with Crippen LogP contribution < -0.4 is 0 Å². The number of carbonyl (C=O) groups is 1. The van der Waals surface area contributed by atoms with Gasteiger partial charge in [0.05, 0.1) is 5.69 Å². The second-order valence-corrected chi connectivity index (χ2v) is 3.33. The smallest absolute Gasteiger partial charge is 0.331 e. The van der Waals surface area contributed by atoms with E-state index in [1.54, 1.807) is 18.2 Å². The predicted molar refractivity (Wildman–Crippen MR) is 53.2 cm³/mol. The molecule has 4 heteroatoms. The molecule has 0 spiro atoms. The minimum Gasteiger partial charge on any atom is -0.478 e. The summed E-state index contributed by atoms with van der Waals surface area (Å²) >= 11 is 3.20. The van der Waals surface area contributed by atoms with E-state index in [1.165, 1.54) is 13.0 Å². The number of rotatable bonds is 2. The molecule has 0 aromatic carbocycles. The molecule has 0 atom stereocenters. The Balaban J connectivity index is 2.97. The quantitative estimate of drug-likeness (QED) is 0.639. The van der Waals surface area contributed by atoms with Gasteiger partial charge in [-0.1, -0.05) is 6.07 Å². The monoisotopic (exact) mass is 241 g/mol. The molecular formula is C9H8BrNO2. The first-order valence-electron chi connectivity index (χ1n) is 3.64.